The van der Waals surface area contributed by atoms with Crippen molar-refractivity contribution in [3.63, 3.8) is 0 Å². The molecule has 1 aromatic heterocycles. The molecule has 2 aromatic rings. The Morgan fingerprint density at radius 1 is 1.36 bits per heavy atom. The van der Waals surface area contributed by atoms with E-state index in [-0.39, 0.29) is 11.4 Å². The van der Waals surface area contributed by atoms with E-state index >= 15 is 0 Å². The topological polar surface area (TPSA) is 52.2 Å². The largest absolute Gasteiger partial charge is 0.361 e. The molecule has 118 valence electrons. The molecule has 1 unspecified atom stereocenters. The van der Waals surface area contributed by atoms with Crippen LogP contribution in [0, 0.1) is 12.7 Å². The van der Waals surface area contributed by atoms with Crippen LogP contribution in [0.5, 0.6) is 0 Å². The number of nitrogens with one attached hydrogen (secondary N) is 1. The third-order valence-electron chi connectivity index (χ3n) is 4.91. The van der Waals surface area contributed by atoms with Gasteiger partial charge in [-0.3, -0.25) is 5.10 Å². The number of halogens is 1. The minimum Gasteiger partial charge on any atom is -0.361 e. The molecule has 4 rings (SSSR count). The lowest BCUT2D eigenvalue weighted by Crippen LogP contribution is -2.55. The van der Waals surface area contributed by atoms with Crippen LogP contribution in [-0.4, -0.2) is 50.1 Å². The van der Waals surface area contributed by atoms with Crippen molar-refractivity contribution in [3.8, 4) is 0 Å². The highest BCUT2D eigenvalue weighted by atomic mass is 32.2. The molecule has 0 bridgehead atoms. The molecular formula is C15H19FN4OS. The van der Waals surface area contributed by atoms with E-state index in [0.717, 1.165) is 30.5 Å². The summed E-state index contributed by atoms with van der Waals surface area (Å²) in [4.78, 5) is 2.18. The Balaban J connectivity index is 1.74. The minimum atomic E-state index is -0.957. The van der Waals surface area contributed by atoms with Crippen molar-refractivity contribution >= 4 is 27.6 Å². The number of hydrogen-bond acceptors (Lipinski definition) is 3. The highest BCUT2D eigenvalue weighted by molar-refractivity contribution is 7.81. The van der Waals surface area contributed by atoms with Crippen molar-refractivity contribution in [3.05, 3.63) is 23.6 Å². The fraction of sp³-hybridized carbons (Fsp3) is 0.533. The Hall–Kier alpha value is -1.47. The first-order chi connectivity index (χ1) is 10.5. The molecule has 7 heteroatoms. The van der Waals surface area contributed by atoms with Crippen LogP contribution in [0.15, 0.2) is 12.1 Å². The SMILES string of the molecule is Cc1[nH]nc2cc(F)c(N3CCN(S(C)=O)CC34CC4)cc12. The summed E-state index contributed by atoms with van der Waals surface area (Å²) in [6.45, 7) is 4.10. The van der Waals surface area contributed by atoms with Crippen molar-refractivity contribution in [2.45, 2.75) is 25.3 Å². The Morgan fingerprint density at radius 3 is 2.82 bits per heavy atom. The first-order valence-corrected chi connectivity index (χ1v) is 9.02. The van der Waals surface area contributed by atoms with Gasteiger partial charge in [0.05, 0.1) is 27.7 Å². The van der Waals surface area contributed by atoms with Crippen LogP contribution in [-0.2, 0) is 11.0 Å². The normalized spacial score (nSPS) is 22.4. The zero-order valence-electron chi connectivity index (χ0n) is 12.7. The summed E-state index contributed by atoms with van der Waals surface area (Å²) in [5, 5.41) is 8.00. The zero-order chi connectivity index (χ0) is 15.5. The van der Waals surface area contributed by atoms with Gasteiger partial charge in [-0.05, 0) is 25.8 Å². The Morgan fingerprint density at radius 2 is 2.14 bits per heavy atom. The number of piperazine rings is 1. The molecule has 1 aromatic carbocycles. The average Bonchev–Trinajstić information content (AvgIpc) is 3.15. The van der Waals surface area contributed by atoms with E-state index in [9.17, 15) is 8.60 Å². The molecule has 0 amide bonds. The fourth-order valence-corrected chi connectivity index (χ4v) is 4.23. The smallest absolute Gasteiger partial charge is 0.148 e. The third kappa shape index (κ3) is 2.06. The van der Waals surface area contributed by atoms with E-state index in [0.29, 0.717) is 24.3 Å². The highest BCUT2D eigenvalue weighted by Crippen LogP contribution is 2.47. The summed E-state index contributed by atoms with van der Waals surface area (Å²) in [6, 6.07) is 3.41. The molecule has 1 atom stereocenters. The average molecular weight is 322 g/mol. The van der Waals surface area contributed by atoms with Gasteiger partial charge in [-0.2, -0.15) is 5.10 Å². The molecule has 1 aliphatic carbocycles. The predicted octanol–water partition coefficient (Wildman–Crippen LogP) is 1.96. The lowest BCUT2D eigenvalue weighted by molar-refractivity contribution is 0.335. The summed E-state index contributed by atoms with van der Waals surface area (Å²) < 4.78 is 28.3. The summed E-state index contributed by atoms with van der Waals surface area (Å²) in [7, 11) is -0.957. The van der Waals surface area contributed by atoms with E-state index in [2.05, 4.69) is 15.1 Å². The van der Waals surface area contributed by atoms with Crippen LogP contribution >= 0.6 is 0 Å². The molecule has 2 fully saturated rings. The fourth-order valence-electron chi connectivity index (χ4n) is 3.46. The molecule has 1 N–H and O–H groups in total. The number of benzene rings is 1. The first-order valence-electron chi connectivity index (χ1n) is 7.50. The van der Waals surface area contributed by atoms with E-state index < -0.39 is 11.0 Å². The highest BCUT2D eigenvalue weighted by Gasteiger charge is 2.52. The van der Waals surface area contributed by atoms with Gasteiger partial charge in [-0.1, -0.05) is 0 Å². The molecule has 1 spiro atoms. The maximum atomic E-state index is 14.6. The Kier molecular flexibility index (Phi) is 3.06. The second kappa shape index (κ2) is 4.76. The summed E-state index contributed by atoms with van der Waals surface area (Å²) >= 11 is 0. The van der Waals surface area contributed by atoms with Crippen molar-refractivity contribution < 1.29 is 8.60 Å². The van der Waals surface area contributed by atoms with E-state index in [4.69, 9.17) is 0 Å². The Bertz CT molecular complexity index is 770. The number of rotatable bonds is 2. The van der Waals surface area contributed by atoms with Gasteiger partial charge < -0.3 is 4.90 Å². The summed E-state index contributed by atoms with van der Waals surface area (Å²) in [5.74, 6) is -0.226. The monoisotopic (exact) mass is 322 g/mol. The van der Waals surface area contributed by atoms with Crippen LogP contribution in [0.4, 0.5) is 10.1 Å². The first kappa shape index (κ1) is 14.1. The van der Waals surface area contributed by atoms with Gasteiger partial charge >= 0.3 is 0 Å². The van der Waals surface area contributed by atoms with E-state index in [1.807, 2.05) is 17.3 Å². The molecular weight excluding hydrogens is 303 g/mol. The lowest BCUT2D eigenvalue weighted by atomic mass is 10.1. The maximum absolute atomic E-state index is 14.6. The number of fused-ring (bicyclic) bond motifs is 1. The van der Waals surface area contributed by atoms with Crippen molar-refractivity contribution in [1.29, 1.82) is 0 Å². The zero-order valence-corrected chi connectivity index (χ0v) is 13.5. The number of nitrogens with zero attached hydrogens (tertiary/aromatic N) is 3. The van der Waals surface area contributed by atoms with Gasteiger partial charge in [0.2, 0.25) is 0 Å². The molecule has 22 heavy (non-hydrogen) atoms. The standard InChI is InChI=1S/C15H19FN4OS/c1-10-11-7-14(12(16)8-13(11)18-17-10)20-6-5-19(22(2)21)9-15(20)3-4-15/h7-8H,3-6,9H2,1-2H3,(H,17,18). The van der Waals surface area contributed by atoms with Crippen LogP contribution in [0.1, 0.15) is 18.5 Å². The van der Waals surface area contributed by atoms with Crippen LogP contribution < -0.4 is 4.90 Å². The second-order valence-electron chi connectivity index (χ2n) is 6.33. The third-order valence-corrected chi connectivity index (χ3v) is 5.95. The second-order valence-corrected chi connectivity index (χ2v) is 7.70. The van der Waals surface area contributed by atoms with Crippen molar-refractivity contribution in [1.82, 2.24) is 14.5 Å². The van der Waals surface area contributed by atoms with Gasteiger partial charge in [0.1, 0.15) is 5.82 Å². The van der Waals surface area contributed by atoms with Gasteiger partial charge in [0.15, 0.2) is 0 Å². The van der Waals surface area contributed by atoms with Gasteiger partial charge in [-0.25, -0.2) is 12.9 Å². The van der Waals surface area contributed by atoms with E-state index in [1.54, 1.807) is 6.26 Å². The number of aromatic amines is 1. The summed E-state index contributed by atoms with van der Waals surface area (Å²) in [5.41, 5.74) is 2.22. The molecule has 0 radical (unpaired) electrons. The van der Waals surface area contributed by atoms with Gasteiger partial charge in [-0.15, -0.1) is 0 Å². The molecule has 1 saturated heterocycles. The van der Waals surface area contributed by atoms with Gasteiger partial charge in [0, 0.05) is 43.0 Å². The Labute approximate surface area is 131 Å². The molecule has 5 nitrogen and oxygen atoms in total. The van der Waals surface area contributed by atoms with Crippen LogP contribution in [0.2, 0.25) is 0 Å². The lowest BCUT2D eigenvalue weighted by Gasteiger charge is -2.42. The van der Waals surface area contributed by atoms with Crippen LogP contribution in [0.3, 0.4) is 0 Å². The molecule has 2 heterocycles. The predicted molar refractivity (Wildman–Crippen MR) is 85.7 cm³/mol. The molecule has 1 saturated carbocycles. The number of aromatic nitrogens is 2. The number of aryl methyl sites for hydroxylation is 1. The van der Waals surface area contributed by atoms with Gasteiger partial charge in [0.25, 0.3) is 0 Å². The molecule has 2 aliphatic rings. The number of anilines is 1. The molecule has 1 aliphatic heterocycles. The quantitative estimate of drug-likeness (QED) is 0.919. The number of H-pyrrole nitrogens is 1. The number of hydrogen-bond donors (Lipinski definition) is 1. The summed E-state index contributed by atoms with van der Waals surface area (Å²) in [6.07, 6.45) is 3.78. The van der Waals surface area contributed by atoms with Crippen LogP contribution in [0.25, 0.3) is 10.9 Å². The van der Waals surface area contributed by atoms with Crippen molar-refractivity contribution in [2.24, 2.45) is 0 Å². The van der Waals surface area contributed by atoms with Crippen molar-refractivity contribution in [2.75, 3.05) is 30.8 Å². The minimum absolute atomic E-state index is 0.0456. The van der Waals surface area contributed by atoms with E-state index in [1.165, 1.54) is 6.07 Å². The maximum Gasteiger partial charge on any atom is 0.148 e.